The Morgan fingerprint density at radius 3 is 2.53 bits per heavy atom. The SMILES string of the molecule is COC1CN(C2CCCCC2)C1.CSc1cc(C)[nH]c(=O)c1CNC(=O)c1cc(Cl)c2c(c1C)OC(C)O2. The van der Waals surface area contributed by atoms with Crippen molar-refractivity contribution in [3.8, 4) is 11.5 Å². The van der Waals surface area contributed by atoms with Crippen molar-refractivity contribution in [1.82, 2.24) is 15.2 Å². The van der Waals surface area contributed by atoms with Crippen molar-refractivity contribution in [3.63, 3.8) is 0 Å². The van der Waals surface area contributed by atoms with Gasteiger partial charge in [0.05, 0.1) is 11.1 Å². The summed E-state index contributed by atoms with van der Waals surface area (Å²) in [5, 5.41) is 3.11. The van der Waals surface area contributed by atoms with Crippen molar-refractivity contribution in [2.75, 3.05) is 26.5 Å². The molecule has 0 bridgehead atoms. The topological polar surface area (TPSA) is 92.9 Å². The third-order valence-electron chi connectivity index (χ3n) is 7.43. The smallest absolute Gasteiger partial charge is 0.254 e. The molecule has 1 saturated carbocycles. The van der Waals surface area contributed by atoms with Gasteiger partial charge in [0.25, 0.3) is 11.5 Å². The lowest BCUT2D eigenvalue weighted by atomic mass is 9.92. The minimum Gasteiger partial charge on any atom is -0.451 e. The van der Waals surface area contributed by atoms with Gasteiger partial charge in [0.15, 0.2) is 11.5 Å². The lowest BCUT2D eigenvalue weighted by molar-refractivity contribution is -0.0570. The number of halogens is 1. The third kappa shape index (κ3) is 6.50. The zero-order valence-corrected chi connectivity index (χ0v) is 24.4. The number of aryl methyl sites for hydroxylation is 1. The fraction of sp³-hybridized carbons (Fsp3) is 0.571. The second-order valence-corrected chi connectivity index (χ2v) is 11.4. The Labute approximate surface area is 233 Å². The molecule has 10 heteroatoms. The number of likely N-dealkylation sites (tertiary alicyclic amines) is 1. The van der Waals surface area contributed by atoms with Crippen molar-refractivity contribution in [3.05, 3.63) is 49.9 Å². The lowest BCUT2D eigenvalue weighted by Gasteiger charge is -2.44. The maximum absolute atomic E-state index is 12.7. The molecule has 5 rings (SSSR count). The average molecular weight is 564 g/mol. The van der Waals surface area contributed by atoms with Crippen LogP contribution >= 0.6 is 23.4 Å². The summed E-state index contributed by atoms with van der Waals surface area (Å²) in [5.74, 6) is 0.600. The number of rotatable bonds is 6. The third-order valence-corrected chi connectivity index (χ3v) is 8.51. The highest BCUT2D eigenvalue weighted by Gasteiger charge is 2.32. The summed E-state index contributed by atoms with van der Waals surface area (Å²) < 4.78 is 16.4. The molecule has 1 saturated heterocycles. The molecule has 1 unspecified atom stereocenters. The Morgan fingerprint density at radius 2 is 1.87 bits per heavy atom. The number of aromatic amines is 1. The van der Waals surface area contributed by atoms with Crippen molar-refractivity contribution >= 4 is 29.3 Å². The van der Waals surface area contributed by atoms with Gasteiger partial charge in [0.1, 0.15) is 0 Å². The zero-order chi connectivity index (χ0) is 27.4. The zero-order valence-electron chi connectivity index (χ0n) is 22.8. The van der Waals surface area contributed by atoms with E-state index < -0.39 is 6.29 Å². The van der Waals surface area contributed by atoms with E-state index in [1.807, 2.05) is 26.4 Å². The molecule has 2 aromatic rings. The predicted molar refractivity (Wildman–Crippen MR) is 151 cm³/mol. The standard InChI is InChI=1S/C18H19ClN2O4S.C10H19NO/c1-8-5-14(26-4)12(18(23)21-8)7-20-17(22)11-6-13(19)16-15(9(11)2)24-10(3)25-16;1-12-10-7-11(8-10)9-5-3-2-4-6-9/h5-6,10H,7H2,1-4H3,(H,20,22)(H,21,23);9-10H,2-8H2,1H3. The summed E-state index contributed by atoms with van der Waals surface area (Å²) in [7, 11) is 1.82. The number of amides is 1. The van der Waals surface area contributed by atoms with Crippen LogP contribution in [0, 0.1) is 13.8 Å². The number of ether oxygens (including phenoxy) is 3. The van der Waals surface area contributed by atoms with Crippen molar-refractivity contribution < 1.29 is 19.0 Å². The fourth-order valence-electron chi connectivity index (χ4n) is 5.21. The van der Waals surface area contributed by atoms with Crippen molar-refractivity contribution in [2.45, 2.75) is 82.8 Å². The number of benzene rings is 1. The first-order chi connectivity index (χ1) is 18.2. The van der Waals surface area contributed by atoms with Crippen LogP contribution in [0.1, 0.15) is 66.2 Å². The van der Waals surface area contributed by atoms with Gasteiger partial charge in [-0.25, -0.2) is 0 Å². The highest BCUT2D eigenvalue weighted by atomic mass is 35.5. The summed E-state index contributed by atoms with van der Waals surface area (Å²) in [6.07, 6.45) is 9.17. The Hall–Kier alpha value is -2.20. The van der Waals surface area contributed by atoms with E-state index in [0.29, 0.717) is 39.3 Å². The molecule has 8 nitrogen and oxygen atoms in total. The van der Waals surface area contributed by atoms with Gasteiger partial charge in [-0.3, -0.25) is 14.5 Å². The molecule has 2 N–H and O–H groups in total. The van der Waals surface area contributed by atoms with Crippen LogP contribution in [0.3, 0.4) is 0 Å². The van der Waals surface area contributed by atoms with Crippen LogP contribution in [0.25, 0.3) is 0 Å². The van der Waals surface area contributed by atoms with Crippen LogP contribution in [0.2, 0.25) is 5.02 Å². The molecule has 208 valence electrons. The van der Waals surface area contributed by atoms with E-state index >= 15 is 0 Å². The van der Waals surface area contributed by atoms with E-state index in [2.05, 4.69) is 15.2 Å². The summed E-state index contributed by atoms with van der Waals surface area (Å²) >= 11 is 7.68. The number of thioether (sulfide) groups is 1. The van der Waals surface area contributed by atoms with Gasteiger partial charge in [-0.15, -0.1) is 11.8 Å². The maximum Gasteiger partial charge on any atom is 0.254 e. The molecule has 1 atom stereocenters. The monoisotopic (exact) mass is 563 g/mol. The highest BCUT2D eigenvalue weighted by Crippen LogP contribution is 2.44. The number of methoxy groups -OCH3 is 1. The number of nitrogens with zero attached hydrogens (tertiary/aromatic N) is 1. The van der Waals surface area contributed by atoms with E-state index in [1.54, 1.807) is 19.9 Å². The normalized spacial score (nSPS) is 19.5. The van der Waals surface area contributed by atoms with E-state index in [9.17, 15) is 9.59 Å². The molecule has 2 aliphatic heterocycles. The van der Waals surface area contributed by atoms with Gasteiger partial charge < -0.3 is 24.5 Å². The summed E-state index contributed by atoms with van der Waals surface area (Å²) in [6.45, 7) is 7.83. The highest BCUT2D eigenvalue weighted by molar-refractivity contribution is 7.98. The second kappa shape index (κ2) is 12.8. The van der Waals surface area contributed by atoms with Crippen LogP contribution in [-0.4, -0.2) is 60.7 Å². The Bertz CT molecular complexity index is 1210. The Balaban J connectivity index is 0.000000232. The molecule has 0 spiro atoms. The minimum absolute atomic E-state index is 0.118. The summed E-state index contributed by atoms with van der Waals surface area (Å²) in [5.41, 5.74) is 2.13. The maximum atomic E-state index is 12.7. The molecular weight excluding hydrogens is 526 g/mol. The van der Waals surface area contributed by atoms with Gasteiger partial charge in [-0.05, 0) is 45.1 Å². The van der Waals surface area contributed by atoms with Crippen molar-refractivity contribution in [1.29, 1.82) is 0 Å². The Kier molecular flexibility index (Phi) is 9.68. The molecule has 2 fully saturated rings. The van der Waals surface area contributed by atoms with Crippen LogP contribution < -0.4 is 20.3 Å². The molecule has 3 heterocycles. The largest absolute Gasteiger partial charge is 0.451 e. The number of pyridine rings is 1. The molecule has 1 aliphatic carbocycles. The quantitative estimate of drug-likeness (QED) is 0.474. The number of aromatic nitrogens is 1. The van der Waals surface area contributed by atoms with Gasteiger partial charge >= 0.3 is 0 Å². The molecule has 3 aliphatic rings. The van der Waals surface area contributed by atoms with Crippen LogP contribution in [0.15, 0.2) is 21.8 Å². The number of nitrogens with one attached hydrogen (secondary N) is 2. The van der Waals surface area contributed by atoms with Crippen LogP contribution in [0.4, 0.5) is 0 Å². The van der Waals surface area contributed by atoms with Crippen LogP contribution in [-0.2, 0) is 11.3 Å². The van der Waals surface area contributed by atoms with E-state index in [1.165, 1.54) is 57.0 Å². The fourth-order valence-corrected chi connectivity index (χ4v) is 6.15. The Morgan fingerprint density at radius 1 is 1.18 bits per heavy atom. The number of H-pyrrole nitrogens is 1. The molecule has 1 aromatic carbocycles. The molecular formula is C28H38ClN3O5S. The van der Waals surface area contributed by atoms with Crippen molar-refractivity contribution in [2.24, 2.45) is 0 Å². The summed E-state index contributed by atoms with van der Waals surface area (Å²) in [4.78, 5) is 31.0. The first kappa shape index (κ1) is 28.8. The van der Waals surface area contributed by atoms with Gasteiger partial charge in [-0.1, -0.05) is 30.9 Å². The predicted octanol–water partition coefficient (Wildman–Crippen LogP) is 5.06. The molecule has 1 amide bonds. The number of hydrogen-bond acceptors (Lipinski definition) is 7. The number of carbonyl (C=O) groups excluding carboxylic acids is 1. The number of hydrogen-bond donors (Lipinski definition) is 2. The van der Waals surface area contributed by atoms with Gasteiger partial charge in [0, 0.05) is 67.0 Å². The van der Waals surface area contributed by atoms with E-state index in [0.717, 1.165) is 16.6 Å². The van der Waals surface area contributed by atoms with Gasteiger partial charge in [0.2, 0.25) is 6.29 Å². The molecule has 1 aromatic heterocycles. The van der Waals surface area contributed by atoms with E-state index in [4.69, 9.17) is 25.8 Å². The first-order valence-electron chi connectivity index (χ1n) is 13.2. The molecule has 38 heavy (non-hydrogen) atoms. The second-order valence-electron chi connectivity index (χ2n) is 10.1. The first-order valence-corrected chi connectivity index (χ1v) is 14.8. The number of carbonyl (C=O) groups is 1. The average Bonchev–Trinajstić information content (AvgIpc) is 3.28. The van der Waals surface area contributed by atoms with Gasteiger partial charge in [-0.2, -0.15) is 0 Å². The van der Waals surface area contributed by atoms with Crippen LogP contribution in [0.5, 0.6) is 11.5 Å². The van der Waals surface area contributed by atoms with E-state index in [-0.39, 0.29) is 18.0 Å². The lowest BCUT2D eigenvalue weighted by Crippen LogP contribution is -2.56. The number of fused-ring (bicyclic) bond motifs is 1. The summed E-state index contributed by atoms with van der Waals surface area (Å²) in [6, 6.07) is 4.34. The minimum atomic E-state index is -0.449. The molecule has 0 radical (unpaired) electrons.